The largest absolute Gasteiger partial charge is 0.480 e. The lowest BCUT2D eigenvalue weighted by molar-refractivity contribution is -0.149. The monoisotopic (exact) mass is 368 g/mol. The Balaban J connectivity index is 1.91. The molecule has 7 nitrogen and oxygen atoms in total. The maximum absolute atomic E-state index is 12.7. The summed E-state index contributed by atoms with van der Waals surface area (Å²) in [5, 5.41) is 10.9. The first-order chi connectivity index (χ1) is 11.9. The van der Waals surface area contributed by atoms with E-state index in [-0.39, 0.29) is 36.9 Å². The fraction of sp³-hybridized carbons (Fsp3) is 0.588. The molecule has 1 aliphatic heterocycles. The van der Waals surface area contributed by atoms with Crippen LogP contribution in [0.5, 0.6) is 0 Å². The average Bonchev–Trinajstić information content (AvgIpc) is 3.06. The molecular formula is C17H24N2O5S. The second-order valence-corrected chi connectivity index (χ2v) is 7.29. The van der Waals surface area contributed by atoms with Crippen molar-refractivity contribution in [2.75, 3.05) is 32.8 Å². The van der Waals surface area contributed by atoms with E-state index < -0.39 is 5.97 Å². The Morgan fingerprint density at radius 2 is 2.24 bits per heavy atom. The minimum atomic E-state index is -1.07. The zero-order chi connectivity index (χ0) is 18.4. The first kappa shape index (κ1) is 19.4. The van der Waals surface area contributed by atoms with Gasteiger partial charge in [0.05, 0.1) is 12.7 Å². The van der Waals surface area contributed by atoms with Crippen LogP contribution >= 0.6 is 11.3 Å². The zero-order valence-electron chi connectivity index (χ0n) is 14.5. The number of aliphatic carboxylic acids is 1. The molecule has 2 rings (SSSR count). The second kappa shape index (κ2) is 8.96. The lowest BCUT2D eigenvalue weighted by Gasteiger charge is -2.36. The Labute approximate surface area is 151 Å². The van der Waals surface area contributed by atoms with Crippen LogP contribution in [-0.2, 0) is 25.5 Å². The third kappa shape index (κ3) is 5.82. The van der Waals surface area contributed by atoms with Crippen molar-refractivity contribution in [3.63, 3.8) is 0 Å². The summed E-state index contributed by atoms with van der Waals surface area (Å²) < 4.78 is 5.63. The van der Waals surface area contributed by atoms with Gasteiger partial charge >= 0.3 is 5.97 Å². The van der Waals surface area contributed by atoms with E-state index in [0.29, 0.717) is 26.1 Å². The number of carbonyl (C=O) groups excluding carboxylic acids is 2. The van der Waals surface area contributed by atoms with Gasteiger partial charge in [0.1, 0.15) is 6.54 Å². The van der Waals surface area contributed by atoms with Gasteiger partial charge in [-0.25, -0.2) is 0 Å². The molecule has 1 N–H and O–H groups in total. The number of rotatable bonds is 7. The van der Waals surface area contributed by atoms with E-state index in [1.807, 2.05) is 24.4 Å². The molecule has 2 amide bonds. The molecule has 1 aromatic heterocycles. The summed E-state index contributed by atoms with van der Waals surface area (Å²) in [6.45, 7) is 4.33. The van der Waals surface area contributed by atoms with Gasteiger partial charge in [0, 0.05) is 37.4 Å². The molecule has 2 heterocycles. The number of hydrogen-bond donors (Lipinski definition) is 1. The summed E-state index contributed by atoms with van der Waals surface area (Å²) in [5.41, 5.74) is 0. The zero-order valence-corrected chi connectivity index (χ0v) is 15.3. The summed E-state index contributed by atoms with van der Waals surface area (Å²) in [4.78, 5) is 39.3. The van der Waals surface area contributed by atoms with Crippen LogP contribution in [0, 0.1) is 5.92 Å². The van der Waals surface area contributed by atoms with Gasteiger partial charge in [0.15, 0.2) is 0 Å². The van der Waals surface area contributed by atoms with Crippen molar-refractivity contribution in [3.05, 3.63) is 22.4 Å². The highest BCUT2D eigenvalue weighted by molar-refractivity contribution is 7.09. The van der Waals surface area contributed by atoms with Crippen molar-refractivity contribution in [2.24, 2.45) is 5.92 Å². The molecule has 2 atom stereocenters. The number of ether oxygens (including phenoxy) is 1. The smallest absolute Gasteiger partial charge is 0.323 e. The van der Waals surface area contributed by atoms with E-state index in [1.54, 1.807) is 16.2 Å². The Hall–Kier alpha value is -1.93. The van der Waals surface area contributed by atoms with Crippen molar-refractivity contribution in [2.45, 2.75) is 26.4 Å². The molecule has 25 heavy (non-hydrogen) atoms. The summed E-state index contributed by atoms with van der Waals surface area (Å²) in [6, 6.07) is 3.99. The molecule has 138 valence electrons. The minimum absolute atomic E-state index is 0.0642. The van der Waals surface area contributed by atoms with Crippen LogP contribution in [0.25, 0.3) is 0 Å². The van der Waals surface area contributed by atoms with Gasteiger partial charge < -0.3 is 19.6 Å². The number of thiophene rings is 1. The van der Waals surface area contributed by atoms with Gasteiger partial charge in [0.2, 0.25) is 11.8 Å². The first-order valence-electron chi connectivity index (χ1n) is 8.27. The van der Waals surface area contributed by atoms with Crippen molar-refractivity contribution >= 4 is 29.1 Å². The standard InChI is InChI=1S/C17H24N2O5S/c1-12(8-15-4-3-7-25-15)17(23)18-5-6-24-14(9-18)10-19(13(2)20)11-16(21)22/h3-4,7,12,14H,5-6,8-11H2,1-2H3,(H,21,22). The van der Waals surface area contributed by atoms with Crippen LogP contribution in [0.4, 0.5) is 0 Å². The number of amides is 2. The van der Waals surface area contributed by atoms with Crippen LogP contribution in [0.15, 0.2) is 17.5 Å². The fourth-order valence-electron chi connectivity index (χ4n) is 2.87. The van der Waals surface area contributed by atoms with Crippen LogP contribution < -0.4 is 0 Å². The van der Waals surface area contributed by atoms with E-state index >= 15 is 0 Å². The lowest BCUT2D eigenvalue weighted by Crippen LogP contribution is -2.52. The maximum Gasteiger partial charge on any atom is 0.323 e. The maximum atomic E-state index is 12.7. The Bertz CT molecular complexity index is 604. The number of carboxylic acid groups (broad SMARTS) is 1. The number of morpholine rings is 1. The summed E-state index contributed by atoms with van der Waals surface area (Å²) in [5.74, 6) is -1.45. The quantitative estimate of drug-likeness (QED) is 0.778. The molecule has 1 fully saturated rings. The van der Waals surface area contributed by atoms with Gasteiger partial charge in [-0.15, -0.1) is 11.3 Å². The molecular weight excluding hydrogens is 344 g/mol. The normalized spacial score (nSPS) is 18.6. The third-order valence-electron chi connectivity index (χ3n) is 4.15. The molecule has 1 aromatic rings. The van der Waals surface area contributed by atoms with Gasteiger partial charge in [-0.3, -0.25) is 14.4 Å². The van der Waals surface area contributed by atoms with Crippen LogP contribution in [0.1, 0.15) is 18.7 Å². The summed E-state index contributed by atoms with van der Waals surface area (Å²) >= 11 is 1.64. The van der Waals surface area contributed by atoms with Crippen LogP contribution in [0.3, 0.4) is 0 Å². The average molecular weight is 368 g/mol. The number of carbonyl (C=O) groups is 3. The molecule has 0 aromatic carbocycles. The molecule has 0 spiro atoms. The Morgan fingerprint density at radius 3 is 2.84 bits per heavy atom. The highest BCUT2D eigenvalue weighted by atomic mass is 32.1. The van der Waals surface area contributed by atoms with Crippen molar-refractivity contribution in [3.8, 4) is 0 Å². The third-order valence-corrected chi connectivity index (χ3v) is 5.05. The summed E-state index contributed by atoms with van der Waals surface area (Å²) in [7, 11) is 0. The highest BCUT2D eigenvalue weighted by Crippen LogP contribution is 2.18. The minimum Gasteiger partial charge on any atom is -0.480 e. The number of hydrogen-bond acceptors (Lipinski definition) is 5. The SMILES string of the molecule is CC(=O)N(CC(=O)O)CC1CN(C(=O)C(C)Cc2cccs2)CCO1. The van der Waals surface area contributed by atoms with E-state index in [2.05, 4.69) is 0 Å². The molecule has 2 unspecified atom stereocenters. The second-order valence-electron chi connectivity index (χ2n) is 6.25. The molecule has 8 heteroatoms. The topological polar surface area (TPSA) is 87.2 Å². The predicted molar refractivity (Wildman–Crippen MR) is 93.4 cm³/mol. The van der Waals surface area contributed by atoms with Crippen molar-refractivity contribution in [1.82, 2.24) is 9.80 Å². The molecule has 0 saturated carbocycles. The number of nitrogens with zero attached hydrogens (tertiary/aromatic N) is 2. The van der Waals surface area contributed by atoms with E-state index in [9.17, 15) is 14.4 Å². The molecule has 1 saturated heterocycles. The van der Waals surface area contributed by atoms with Crippen LogP contribution in [0.2, 0.25) is 0 Å². The van der Waals surface area contributed by atoms with Gasteiger partial charge in [-0.2, -0.15) is 0 Å². The fourth-order valence-corrected chi connectivity index (χ4v) is 3.71. The lowest BCUT2D eigenvalue weighted by atomic mass is 10.0. The molecule has 1 aliphatic rings. The van der Waals surface area contributed by atoms with Gasteiger partial charge in [-0.1, -0.05) is 13.0 Å². The van der Waals surface area contributed by atoms with Gasteiger partial charge in [-0.05, 0) is 17.9 Å². The van der Waals surface area contributed by atoms with E-state index in [0.717, 1.165) is 0 Å². The van der Waals surface area contributed by atoms with Crippen molar-refractivity contribution < 1.29 is 24.2 Å². The number of carboxylic acids is 1. The molecule has 0 radical (unpaired) electrons. The first-order valence-corrected chi connectivity index (χ1v) is 9.15. The van der Waals surface area contributed by atoms with E-state index in [4.69, 9.17) is 9.84 Å². The highest BCUT2D eigenvalue weighted by Gasteiger charge is 2.29. The molecule has 0 bridgehead atoms. The predicted octanol–water partition coefficient (Wildman–Crippen LogP) is 1.09. The van der Waals surface area contributed by atoms with E-state index in [1.165, 1.54) is 16.7 Å². The Morgan fingerprint density at radius 1 is 1.48 bits per heavy atom. The Kier molecular flexibility index (Phi) is 6.95. The van der Waals surface area contributed by atoms with Gasteiger partial charge in [0.25, 0.3) is 0 Å². The van der Waals surface area contributed by atoms with Crippen molar-refractivity contribution in [1.29, 1.82) is 0 Å². The molecule has 0 aliphatic carbocycles. The van der Waals surface area contributed by atoms with Crippen LogP contribution in [-0.4, -0.2) is 71.6 Å². The summed E-state index contributed by atoms with van der Waals surface area (Å²) in [6.07, 6.45) is 0.340.